The second-order valence-electron chi connectivity index (χ2n) is 6.31. The number of hydrogen-bond acceptors (Lipinski definition) is 5. The average molecular weight is 351 g/mol. The highest BCUT2D eigenvalue weighted by Crippen LogP contribution is 2.33. The fourth-order valence-corrected chi connectivity index (χ4v) is 3.11. The van der Waals surface area contributed by atoms with Gasteiger partial charge in [-0.05, 0) is 40.7 Å². The molecular weight excluding hydrogens is 323 g/mol. The molecule has 1 aliphatic heterocycles. The average Bonchev–Trinajstić information content (AvgIpc) is 2.51. The van der Waals surface area contributed by atoms with Gasteiger partial charge in [0.25, 0.3) is 0 Å². The number of ether oxygens (including phenoxy) is 1. The van der Waals surface area contributed by atoms with Crippen LogP contribution in [0.4, 0.5) is 13.2 Å². The molecule has 5 atom stereocenters. The van der Waals surface area contributed by atoms with Crippen LogP contribution in [0.1, 0.15) is 33.6 Å². The number of carbonyl (C=O) groups excluding carboxylic acids is 1. The predicted octanol–water partition coefficient (Wildman–Crippen LogP) is 1.95. The van der Waals surface area contributed by atoms with Gasteiger partial charge < -0.3 is 15.8 Å². The van der Waals surface area contributed by atoms with Crippen molar-refractivity contribution in [3.05, 3.63) is 0 Å². The molecule has 0 saturated heterocycles. The summed E-state index contributed by atoms with van der Waals surface area (Å²) in [6.45, 7) is 5.61. The van der Waals surface area contributed by atoms with E-state index in [0.29, 0.717) is 6.61 Å². The lowest BCUT2D eigenvalue weighted by Crippen LogP contribution is -2.50. The highest BCUT2D eigenvalue weighted by molar-refractivity contribution is 6.07. The number of rotatable bonds is 8. The van der Waals surface area contributed by atoms with Gasteiger partial charge in [0.15, 0.2) is 0 Å². The molecule has 1 rings (SSSR count). The van der Waals surface area contributed by atoms with Crippen molar-refractivity contribution in [3.8, 4) is 0 Å². The number of hydrogen-bond donors (Lipinski definition) is 2. The lowest BCUT2D eigenvalue weighted by molar-refractivity contribution is -0.151. The summed E-state index contributed by atoms with van der Waals surface area (Å²) in [6.07, 6.45) is -4.46. The van der Waals surface area contributed by atoms with E-state index >= 15 is 0 Å². The summed E-state index contributed by atoms with van der Waals surface area (Å²) in [5, 5.41) is 3.01. The molecule has 0 radical (unpaired) electrons. The lowest BCUT2D eigenvalue weighted by atomic mass is 9.78. The van der Waals surface area contributed by atoms with Crippen LogP contribution in [0.5, 0.6) is 0 Å². The van der Waals surface area contributed by atoms with E-state index in [9.17, 15) is 18.0 Å². The van der Waals surface area contributed by atoms with Gasteiger partial charge in [-0.3, -0.25) is 9.79 Å². The molecule has 8 heteroatoms. The number of ketones is 1. The largest absolute Gasteiger partial charge is 0.410 e. The van der Waals surface area contributed by atoms with E-state index < -0.39 is 30.1 Å². The number of nitrogens with two attached hydrogens (primary N) is 1. The van der Waals surface area contributed by atoms with E-state index in [1.165, 1.54) is 0 Å². The van der Waals surface area contributed by atoms with Crippen LogP contribution in [-0.2, 0) is 9.53 Å². The summed E-state index contributed by atoms with van der Waals surface area (Å²) < 4.78 is 44.2. The van der Waals surface area contributed by atoms with Gasteiger partial charge in [0, 0.05) is 30.3 Å². The Balaban J connectivity index is 3.08. The molecule has 0 spiro atoms. The maximum atomic E-state index is 13.0. The zero-order valence-electron chi connectivity index (χ0n) is 14.7. The molecule has 0 aliphatic carbocycles. The third-order valence-corrected chi connectivity index (χ3v) is 4.52. The van der Waals surface area contributed by atoms with Crippen LogP contribution in [0.3, 0.4) is 0 Å². The van der Waals surface area contributed by atoms with Gasteiger partial charge in [-0.25, -0.2) is 0 Å². The Morgan fingerprint density at radius 2 is 2.04 bits per heavy atom. The van der Waals surface area contributed by atoms with Gasteiger partial charge in [-0.15, -0.1) is 0 Å². The summed E-state index contributed by atoms with van der Waals surface area (Å²) in [7, 11) is 1.73. The van der Waals surface area contributed by atoms with Crippen LogP contribution in [0.2, 0.25) is 0 Å². The highest BCUT2D eigenvalue weighted by atomic mass is 19.4. The maximum Gasteiger partial charge on any atom is 0.410 e. The fourth-order valence-electron chi connectivity index (χ4n) is 3.11. The Morgan fingerprint density at radius 3 is 2.50 bits per heavy atom. The van der Waals surface area contributed by atoms with Gasteiger partial charge >= 0.3 is 6.18 Å². The molecule has 0 aromatic carbocycles. The zero-order chi connectivity index (χ0) is 18.5. The Hall–Kier alpha value is -0.990. The minimum absolute atomic E-state index is 0.0565. The van der Waals surface area contributed by atoms with Crippen molar-refractivity contribution in [1.29, 1.82) is 0 Å². The highest BCUT2D eigenvalue weighted by Gasteiger charge is 2.45. The molecule has 3 N–H and O–H groups in total. The van der Waals surface area contributed by atoms with E-state index in [4.69, 9.17) is 10.5 Å². The fraction of sp³-hybridized carbons (Fsp3) is 0.875. The molecule has 0 saturated carbocycles. The third-order valence-electron chi connectivity index (χ3n) is 4.52. The molecule has 0 bridgehead atoms. The lowest BCUT2D eigenvalue weighted by Gasteiger charge is -2.33. The van der Waals surface area contributed by atoms with E-state index in [1.54, 1.807) is 20.9 Å². The Morgan fingerprint density at radius 1 is 1.42 bits per heavy atom. The molecule has 0 aromatic heterocycles. The van der Waals surface area contributed by atoms with Crippen LogP contribution in [0, 0.1) is 11.8 Å². The second kappa shape index (κ2) is 8.92. The number of halogens is 3. The summed E-state index contributed by atoms with van der Waals surface area (Å²) >= 11 is 0. The molecule has 1 aliphatic rings. The number of alkyl halides is 3. The first-order valence-electron chi connectivity index (χ1n) is 8.31. The van der Waals surface area contributed by atoms with Crippen LogP contribution in [0.25, 0.3) is 0 Å². The van der Waals surface area contributed by atoms with Gasteiger partial charge in [0.1, 0.15) is 11.8 Å². The number of Topliss-reactive ketones (excluding diaryl/α,β-unsaturated/α-hetero) is 1. The van der Waals surface area contributed by atoms with Crippen LogP contribution >= 0.6 is 0 Å². The van der Waals surface area contributed by atoms with E-state index in [-0.39, 0.29) is 37.0 Å². The summed E-state index contributed by atoms with van der Waals surface area (Å²) in [4.78, 5) is 16.7. The molecule has 0 aromatic rings. The standard InChI is InChI=1S/C16H28F3N3O2/c1-5-24-8-12-11(6-7-13(22-12)16(17,18)19)15(23)14(9(2)20)10(3)21-4/h9-11,13-14,21H,5-8,20H2,1-4H3. The molecule has 5 nitrogen and oxygen atoms in total. The van der Waals surface area contributed by atoms with Gasteiger partial charge in [-0.1, -0.05) is 0 Å². The molecule has 24 heavy (non-hydrogen) atoms. The summed E-state index contributed by atoms with van der Waals surface area (Å²) in [5.74, 6) is -1.32. The minimum Gasteiger partial charge on any atom is -0.376 e. The quantitative estimate of drug-likeness (QED) is 0.701. The van der Waals surface area contributed by atoms with Crippen LogP contribution in [0.15, 0.2) is 4.99 Å². The van der Waals surface area contributed by atoms with Crippen molar-refractivity contribution in [2.45, 2.75) is 57.9 Å². The first-order chi connectivity index (χ1) is 11.1. The number of nitrogens with zero attached hydrogens (tertiary/aromatic N) is 1. The first kappa shape index (κ1) is 21.1. The second-order valence-corrected chi connectivity index (χ2v) is 6.31. The van der Waals surface area contributed by atoms with E-state index in [0.717, 1.165) is 0 Å². The van der Waals surface area contributed by atoms with Crippen molar-refractivity contribution in [3.63, 3.8) is 0 Å². The van der Waals surface area contributed by atoms with Crippen molar-refractivity contribution < 1.29 is 22.7 Å². The molecule has 0 fully saturated rings. The first-order valence-corrected chi connectivity index (χ1v) is 8.31. The van der Waals surface area contributed by atoms with Crippen molar-refractivity contribution in [2.24, 2.45) is 22.6 Å². The number of aliphatic imine (C=N–C) groups is 1. The molecule has 0 amide bonds. The van der Waals surface area contributed by atoms with E-state index in [2.05, 4.69) is 10.3 Å². The molecule has 1 heterocycles. The summed E-state index contributed by atoms with van der Waals surface area (Å²) in [5.41, 5.74) is 6.14. The van der Waals surface area contributed by atoms with Gasteiger partial charge in [0.05, 0.1) is 12.5 Å². The van der Waals surface area contributed by atoms with Crippen molar-refractivity contribution in [1.82, 2.24) is 5.32 Å². The molecular formula is C16H28F3N3O2. The van der Waals surface area contributed by atoms with Crippen molar-refractivity contribution in [2.75, 3.05) is 20.3 Å². The topological polar surface area (TPSA) is 76.7 Å². The van der Waals surface area contributed by atoms with Gasteiger partial charge in [-0.2, -0.15) is 13.2 Å². The minimum atomic E-state index is -4.40. The number of nitrogens with one attached hydrogen (secondary N) is 1. The molecule has 140 valence electrons. The predicted molar refractivity (Wildman–Crippen MR) is 87.2 cm³/mol. The normalized spacial score (nSPS) is 25.8. The number of carbonyl (C=O) groups is 1. The Labute approximate surface area is 141 Å². The Bertz CT molecular complexity index is 452. The van der Waals surface area contributed by atoms with E-state index in [1.807, 2.05) is 6.92 Å². The van der Waals surface area contributed by atoms with Crippen LogP contribution < -0.4 is 11.1 Å². The van der Waals surface area contributed by atoms with Crippen LogP contribution in [-0.4, -0.2) is 56.1 Å². The smallest absolute Gasteiger partial charge is 0.376 e. The monoisotopic (exact) mass is 351 g/mol. The molecule has 5 unspecified atom stereocenters. The Kier molecular flexibility index (Phi) is 7.82. The summed E-state index contributed by atoms with van der Waals surface area (Å²) in [6, 6.07) is -2.34. The maximum absolute atomic E-state index is 13.0. The SMILES string of the molecule is CCOCC1=NC(C(F)(F)F)CCC1C(=O)C(C(C)N)C(C)NC. The van der Waals surface area contributed by atoms with Gasteiger partial charge in [0.2, 0.25) is 0 Å². The zero-order valence-corrected chi connectivity index (χ0v) is 14.7. The van der Waals surface area contributed by atoms with Crippen molar-refractivity contribution >= 4 is 11.5 Å². The third kappa shape index (κ3) is 5.26.